The molecule has 92 valence electrons. The lowest BCUT2D eigenvalue weighted by atomic mass is 9.99. The van der Waals surface area contributed by atoms with Crippen LogP contribution in [0.5, 0.6) is 0 Å². The van der Waals surface area contributed by atoms with E-state index in [0.29, 0.717) is 12.8 Å². The molecule has 0 aliphatic carbocycles. The predicted molar refractivity (Wildman–Crippen MR) is 57.7 cm³/mol. The van der Waals surface area contributed by atoms with Crippen LogP contribution in [-0.4, -0.2) is 46.7 Å². The minimum Gasteiger partial charge on any atom is -0.459 e. The molecule has 5 nitrogen and oxygen atoms in total. The minimum absolute atomic E-state index is 0.00924. The Kier molecular flexibility index (Phi) is 3.91. The van der Waals surface area contributed by atoms with E-state index in [-0.39, 0.29) is 25.1 Å². The zero-order valence-corrected chi connectivity index (χ0v) is 10.0. The first-order chi connectivity index (χ1) is 7.33. The van der Waals surface area contributed by atoms with E-state index < -0.39 is 11.6 Å². The summed E-state index contributed by atoms with van der Waals surface area (Å²) in [5, 5.41) is 8.77. The summed E-state index contributed by atoms with van der Waals surface area (Å²) in [6.07, 6.45) is 0.942. The molecule has 1 aliphatic rings. The second-order valence-electron chi connectivity index (χ2n) is 4.98. The lowest BCUT2D eigenvalue weighted by Crippen LogP contribution is -2.55. The van der Waals surface area contributed by atoms with Crippen molar-refractivity contribution in [1.82, 2.24) is 4.90 Å². The van der Waals surface area contributed by atoms with Crippen molar-refractivity contribution >= 4 is 11.9 Å². The lowest BCUT2D eigenvalue weighted by Gasteiger charge is -2.39. The summed E-state index contributed by atoms with van der Waals surface area (Å²) in [6, 6.07) is -0.00924. The maximum atomic E-state index is 11.5. The number of β-lactam (4-membered cyclic amide) rings is 1. The standard InChI is InChI=1S/C11H19NO4/c1-11(2,3)16-10(15)7-12-8(4-5-13)6-9(12)14/h8,13H,4-7H2,1-3H3. The Bertz CT molecular complexity index is 282. The number of ether oxygens (including phenoxy) is 1. The van der Waals surface area contributed by atoms with Gasteiger partial charge in [0.05, 0.1) is 0 Å². The molecule has 1 aliphatic heterocycles. The van der Waals surface area contributed by atoms with Gasteiger partial charge in [0.1, 0.15) is 12.1 Å². The number of aliphatic hydroxyl groups excluding tert-OH is 1. The Labute approximate surface area is 95.4 Å². The second-order valence-corrected chi connectivity index (χ2v) is 4.98. The van der Waals surface area contributed by atoms with Crippen LogP contribution >= 0.6 is 0 Å². The molecule has 1 N–H and O–H groups in total. The first-order valence-corrected chi connectivity index (χ1v) is 5.45. The van der Waals surface area contributed by atoms with Crippen LogP contribution < -0.4 is 0 Å². The van der Waals surface area contributed by atoms with E-state index in [1.807, 2.05) is 0 Å². The predicted octanol–water partition coefficient (Wildman–Crippen LogP) is 0.311. The van der Waals surface area contributed by atoms with Crippen LogP contribution in [0.1, 0.15) is 33.6 Å². The van der Waals surface area contributed by atoms with Crippen LogP contribution in [-0.2, 0) is 14.3 Å². The summed E-state index contributed by atoms with van der Waals surface area (Å²) in [6.45, 7) is 5.37. The van der Waals surface area contributed by atoms with Crippen molar-refractivity contribution in [2.24, 2.45) is 0 Å². The van der Waals surface area contributed by atoms with Crippen molar-refractivity contribution < 1.29 is 19.4 Å². The van der Waals surface area contributed by atoms with E-state index >= 15 is 0 Å². The molecule has 1 saturated heterocycles. The fourth-order valence-electron chi connectivity index (χ4n) is 1.66. The van der Waals surface area contributed by atoms with Crippen molar-refractivity contribution in [2.75, 3.05) is 13.2 Å². The van der Waals surface area contributed by atoms with Gasteiger partial charge < -0.3 is 14.7 Å². The van der Waals surface area contributed by atoms with Gasteiger partial charge >= 0.3 is 5.97 Å². The summed E-state index contributed by atoms with van der Waals surface area (Å²) < 4.78 is 5.12. The van der Waals surface area contributed by atoms with Gasteiger partial charge in [-0.25, -0.2) is 0 Å². The first kappa shape index (κ1) is 13.0. The first-order valence-electron chi connectivity index (χ1n) is 5.45. The molecular formula is C11H19NO4. The molecule has 0 radical (unpaired) electrons. The van der Waals surface area contributed by atoms with Crippen LogP contribution in [0.2, 0.25) is 0 Å². The summed E-state index contributed by atoms with van der Waals surface area (Å²) in [7, 11) is 0. The molecule has 1 heterocycles. The van der Waals surface area contributed by atoms with Gasteiger partial charge in [0.25, 0.3) is 0 Å². The highest BCUT2D eigenvalue weighted by Gasteiger charge is 2.37. The van der Waals surface area contributed by atoms with E-state index in [1.54, 1.807) is 20.8 Å². The molecule has 0 spiro atoms. The molecule has 0 aromatic heterocycles. The van der Waals surface area contributed by atoms with Gasteiger partial charge in [-0.1, -0.05) is 0 Å². The van der Waals surface area contributed by atoms with E-state index in [2.05, 4.69) is 0 Å². The minimum atomic E-state index is -0.530. The monoisotopic (exact) mass is 229 g/mol. The molecule has 16 heavy (non-hydrogen) atoms. The molecular weight excluding hydrogens is 210 g/mol. The number of carbonyl (C=O) groups is 2. The molecule has 1 amide bonds. The van der Waals surface area contributed by atoms with Gasteiger partial charge in [0.2, 0.25) is 5.91 Å². The maximum absolute atomic E-state index is 11.5. The summed E-state index contributed by atoms with van der Waals surface area (Å²) in [5.41, 5.74) is -0.530. The molecule has 1 fully saturated rings. The van der Waals surface area contributed by atoms with Gasteiger partial charge in [-0.3, -0.25) is 9.59 Å². The Morgan fingerprint density at radius 1 is 1.56 bits per heavy atom. The average Bonchev–Trinajstić information content (AvgIpc) is 2.11. The van der Waals surface area contributed by atoms with Crippen molar-refractivity contribution in [2.45, 2.75) is 45.3 Å². The Morgan fingerprint density at radius 3 is 2.62 bits per heavy atom. The van der Waals surface area contributed by atoms with Crippen molar-refractivity contribution in [1.29, 1.82) is 0 Å². The summed E-state index contributed by atoms with van der Waals surface area (Å²) in [5.74, 6) is -0.451. The molecule has 0 bridgehead atoms. The van der Waals surface area contributed by atoms with E-state index in [0.717, 1.165) is 0 Å². The zero-order valence-electron chi connectivity index (χ0n) is 10.0. The fourth-order valence-corrected chi connectivity index (χ4v) is 1.66. The third kappa shape index (κ3) is 3.48. The van der Waals surface area contributed by atoms with E-state index in [4.69, 9.17) is 9.84 Å². The van der Waals surface area contributed by atoms with Crippen LogP contribution in [0.25, 0.3) is 0 Å². The van der Waals surface area contributed by atoms with Gasteiger partial charge in [0.15, 0.2) is 0 Å². The Balaban J connectivity index is 2.41. The number of nitrogens with zero attached hydrogens (tertiary/aromatic N) is 1. The quantitative estimate of drug-likeness (QED) is 0.556. The number of likely N-dealkylation sites (tertiary alicyclic amines) is 1. The smallest absolute Gasteiger partial charge is 0.326 e. The molecule has 0 saturated carbocycles. The molecule has 5 heteroatoms. The zero-order chi connectivity index (χ0) is 12.3. The number of rotatable bonds is 4. The van der Waals surface area contributed by atoms with Crippen LogP contribution in [0.15, 0.2) is 0 Å². The Morgan fingerprint density at radius 2 is 2.19 bits per heavy atom. The van der Waals surface area contributed by atoms with Crippen LogP contribution in [0.4, 0.5) is 0 Å². The number of esters is 1. The van der Waals surface area contributed by atoms with Crippen LogP contribution in [0, 0.1) is 0 Å². The molecule has 0 aromatic carbocycles. The highest BCUT2D eigenvalue weighted by molar-refractivity contribution is 5.87. The third-order valence-electron chi connectivity index (χ3n) is 2.35. The number of hydrogen-bond donors (Lipinski definition) is 1. The summed E-state index contributed by atoms with van der Waals surface area (Å²) >= 11 is 0. The number of hydrogen-bond acceptors (Lipinski definition) is 4. The normalized spacial score (nSPS) is 20.6. The highest BCUT2D eigenvalue weighted by Crippen LogP contribution is 2.22. The average molecular weight is 229 g/mol. The van der Waals surface area contributed by atoms with Crippen molar-refractivity contribution in [3.05, 3.63) is 0 Å². The molecule has 1 rings (SSSR count). The van der Waals surface area contributed by atoms with Crippen LogP contribution in [0.3, 0.4) is 0 Å². The topological polar surface area (TPSA) is 66.8 Å². The van der Waals surface area contributed by atoms with Crippen molar-refractivity contribution in [3.8, 4) is 0 Å². The highest BCUT2D eigenvalue weighted by atomic mass is 16.6. The fraction of sp³-hybridized carbons (Fsp3) is 0.818. The molecule has 1 unspecified atom stereocenters. The van der Waals surface area contributed by atoms with Gasteiger partial charge in [0, 0.05) is 19.1 Å². The lowest BCUT2D eigenvalue weighted by molar-refractivity contribution is -0.165. The van der Waals surface area contributed by atoms with Gasteiger partial charge in [-0.15, -0.1) is 0 Å². The number of aliphatic hydroxyl groups is 1. The van der Waals surface area contributed by atoms with Gasteiger partial charge in [-0.2, -0.15) is 0 Å². The largest absolute Gasteiger partial charge is 0.459 e. The van der Waals surface area contributed by atoms with E-state index in [1.165, 1.54) is 4.90 Å². The molecule has 0 aromatic rings. The Hall–Kier alpha value is -1.10. The summed E-state index contributed by atoms with van der Waals surface area (Å²) in [4.78, 5) is 24.2. The third-order valence-corrected chi connectivity index (χ3v) is 2.35. The van der Waals surface area contributed by atoms with Crippen molar-refractivity contribution in [3.63, 3.8) is 0 Å². The maximum Gasteiger partial charge on any atom is 0.326 e. The number of carbonyl (C=O) groups excluding carboxylic acids is 2. The second kappa shape index (κ2) is 4.82. The number of amides is 1. The molecule has 1 atom stereocenters. The van der Waals surface area contributed by atoms with Gasteiger partial charge in [-0.05, 0) is 27.2 Å². The SMILES string of the molecule is CC(C)(C)OC(=O)CN1C(=O)CC1CCO. The van der Waals surface area contributed by atoms with E-state index in [9.17, 15) is 9.59 Å².